The third-order valence-electron chi connectivity index (χ3n) is 6.51. The van der Waals surface area contributed by atoms with Crippen molar-refractivity contribution in [1.29, 1.82) is 0 Å². The van der Waals surface area contributed by atoms with Crippen LogP contribution in [0.2, 0.25) is 0 Å². The monoisotopic (exact) mass is 596 g/mol. The Morgan fingerprint density at radius 3 is 1.25 bits per heavy atom. The van der Waals surface area contributed by atoms with E-state index >= 15 is 0 Å². The maximum atomic E-state index is 12.8. The van der Waals surface area contributed by atoms with Gasteiger partial charge in [0.05, 0.1) is 35.7 Å². The highest BCUT2D eigenvalue weighted by Crippen LogP contribution is 2.30. The zero-order valence-corrected chi connectivity index (χ0v) is 24.3. The van der Waals surface area contributed by atoms with E-state index in [2.05, 4.69) is 10.6 Å². The Labute approximate surface area is 254 Å². The fraction of sp³-hybridized carbons (Fsp3) is 0.176. The van der Waals surface area contributed by atoms with Gasteiger partial charge in [-0.25, -0.2) is 9.59 Å². The number of aromatic carboxylic acids is 2. The predicted molar refractivity (Wildman–Crippen MR) is 166 cm³/mol. The van der Waals surface area contributed by atoms with Crippen molar-refractivity contribution in [3.63, 3.8) is 0 Å². The largest absolute Gasteiger partial charge is 0.494 e. The molecule has 4 aromatic rings. The number of carboxylic acids is 2. The standard InChI is InChI=1S/C34H32N2O8/c1-3-17-43-25-11-5-21(6-12-25)31(37)35-29-15-9-23(19-27(29)33(39)40)24-10-16-30(28(20-24)34(41)42)36-32(38)22-7-13-26(14-8-22)44-18-4-2/h5-16,19-20H,3-4,17-18H2,1-2H3,(H,35,37)(H,36,38)(H,39,40)(H,41,42). The van der Waals surface area contributed by atoms with E-state index in [4.69, 9.17) is 9.47 Å². The summed E-state index contributed by atoms with van der Waals surface area (Å²) in [6.07, 6.45) is 1.69. The molecule has 0 atom stereocenters. The number of hydrogen-bond donors (Lipinski definition) is 4. The number of carboxylic acid groups (broad SMARTS) is 2. The minimum Gasteiger partial charge on any atom is -0.494 e. The van der Waals surface area contributed by atoms with Gasteiger partial charge in [-0.3, -0.25) is 9.59 Å². The fourth-order valence-electron chi connectivity index (χ4n) is 4.25. The van der Waals surface area contributed by atoms with Gasteiger partial charge in [0.2, 0.25) is 0 Å². The van der Waals surface area contributed by atoms with Crippen molar-refractivity contribution >= 4 is 35.1 Å². The normalized spacial score (nSPS) is 10.5. The van der Waals surface area contributed by atoms with Gasteiger partial charge in [0.15, 0.2) is 0 Å². The summed E-state index contributed by atoms with van der Waals surface area (Å²) in [7, 11) is 0. The van der Waals surface area contributed by atoms with Crippen LogP contribution in [0.1, 0.15) is 68.1 Å². The molecule has 4 N–H and O–H groups in total. The molecule has 0 radical (unpaired) electrons. The first kappa shape index (κ1) is 31.3. The highest BCUT2D eigenvalue weighted by Gasteiger charge is 2.18. The molecule has 0 saturated heterocycles. The molecule has 10 nitrogen and oxygen atoms in total. The highest BCUT2D eigenvalue weighted by atomic mass is 16.5. The summed E-state index contributed by atoms with van der Waals surface area (Å²) in [4.78, 5) is 49.9. The van der Waals surface area contributed by atoms with Crippen molar-refractivity contribution in [2.24, 2.45) is 0 Å². The molecule has 2 amide bonds. The molecule has 0 fully saturated rings. The van der Waals surface area contributed by atoms with Gasteiger partial charge >= 0.3 is 11.9 Å². The average molecular weight is 597 g/mol. The Bertz CT molecular complexity index is 1540. The lowest BCUT2D eigenvalue weighted by Crippen LogP contribution is -2.15. The summed E-state index contributed by atoms with van der Waals surface area (Å²) < 4.78 is 11.1. The number of anilines is 2. The van der Waals surface area contributed by atoms with Gasteiger partial charge in [-0.2, -0.15) is 0 Å². The summed E-state index contributed by atoms with van der Waals surface area (Å²) in [5, 5.41) is 25.0. The predicted octanol–water partition coefficient (Wildman–Crippen LogP) is 6.83. The van der Waals surface area contributed by atoms with Crippen LogP contribution in [0, 0.1) is 0 Å². The zero-order valence-electron chi connectivity index (χ0n) is 24.3. The van der Waals surface area contributed by atoms with E-state index in [9.17, 15) is 29.4 Å². The molecule has 0 aromatic heterocycles. The average Bonchev–Trinajstić information content (AvgIpc) is 3.03. The highest BCUT2D eigenvalue weighted by molar-refractivity contribution is 6.09. The molecule has 4 aromatic carbocycles. The number of carbonyl (C=O) groups excluding carboxylic acids is 2. The molecule has 10 heteroatoms. The lowest BCUT2D eigenvalue weighted by Gasteiger charge is -2.13. The first-order valence-corrected chi connectivity index (χ1v) is 14.0. The Hall–Kier alpha value is -5.64. The molecule has 0 aliphatic heterocycles. The Kier molecular flexibility index (Phi) is 10.3. The number of amides is 2. The Balaban J connectivity index is 1.54. The number of benzene rings is 4. The van der Waals surface area contributed by atoms with Crippen LogP contribution in [0.5, 0.6) is 11.5 Å². The van der Waals surface area contributed by atoms with Crippen LogP contribution in [0.15, 0.2) is 84.9 Å². The first-order chi connectivity index (χ1) is 21.2. The smallest absolute Gasteiger partial charge is 0.337 e. The molecule has 226 valence electrons. The van der Waals surface area contributed by atoms with Gasteiger partial charge in [-0.05, 0) is 96.8 Å². The first-order valence-electron chi connectivity index (χ1n) is 14.0. The second-order valence-electron chi connectivity index (χ2n) is 9.78. The lowest BCUT2D eigenvalue weighted by molar-refractivity contribution is 0.0686. The van der Waals surface area contributed by atoms with Crippen LogP contribution in [-0.2, 0) is 0 Å². The second kappa shape index (κ2) is 14.5. The Morgan fingerprint density at radius 2 is 0.932 bits per heavy atom. The van der Waals surface area contributed by atoms with E-state index in [0.29, 0.717) is 47.0 Å². The van der Waals surface area contributed by atoms with Crippen LogP contribution in [-0.4, -0.2) is 47.2 Å². The molecule has 0 saturated carbocycles. The molecule has 0 spiro atoms. The molecule has 0 unspecified atom stereocenters. The van der Waals surface area contributed by atoms with Gasteiger partial charge in [0.25, 0.3) is 11.8 Å². The molecule has 0 heterocycles. The number of ether oxygens (including phenoxy) is 2. The van der Waals surface area contributed by atoms with Crippen molar-refractivity contribution in [2.75, 3.05) is 23.8 Å². The Morgan fingerprint density at radius 1 is 0.568 bits per heavy atom. The SMILES string of the molecule is CCCOc1ccc(C(=O)Nc2ccc(-c3ccc(NC(=O)c4ccc(OCCC)cc4)c(C(=O)O)c3)cc2C(=O)O)cc1. The second-order valence-corrected chi connectivity index (χ2v) is 9.78. The zero-order chi connectivity index (χ0) is 31.6. The maximum Gasteiger partial charge on any atom is 0.337 e. The van der Waals surface area contributed by atoms with Gasteiger partial charge in [0, 0.05) is 11.1 Å². The summed E-state index contributed by atoms with van der Waals surface area (Å²) in [5.41, 5.74) is 1.23. The lowest BCUT2D eigenvalue weighted by atomic mass is 9.98. The third-order valence-corrected chi connectivity index (χ3v) is 6.51. The summed E-state index contributed by atoms with van der Waals surface area (Å²) in [6, 6.07) is 21.7. The van der Waals surface area contributed by atoms with Crippen LogP contribution in [0.3, 0.4) is 0 Å². The van der Waals surface area contributed by atoms with Gasteiger partial charge < -0.3 is 30.3 Å². The van der Waals surface area contributed by atoms with Crippen molar-refractivity contribution in [2.45, 2.75) is 26.7 Å². The van der Waals surface area contributed by atoms with E-state index in [1.54, 1.807) is 60.7 Å². The maximum absolute atomic E-state index is 12.8. The topological polar surface area (TPSA) is 151 Å². The van der Waals surface area contributed by atoms with E-state index in [-0.39, 0.29) is 22.5 Å². The molecule has 4 rings (SSSR count). The minimum atomic E-state index is -1.28. The molecule has 0 aliphatic carbocycles. The van der Waals surface area contributed by atoms with Gasteiger partial charge in [0.1, 0.15) is 11.5 Å². The van der Waals surface area contributed by atoms with Crippen LogP contribution in [0.4, 0.5) is 11.4 Å². The van der Waals surface area contributed by atoms with Crippen molar-refractivity contribution < 1.29 is 38.9 Å². The minimum absolute atomic E-state index is 0.0750. The summed E-state index contributed by atoms with van der Waals surface area (Å²) >= 11 is 0. The molecule has 0 bridgehead atoms. The van der Waals surface area contributed by atoms with Crippen molar-refractivity contribution in [3.05, 3.63) is 107 Å². The fourth-order valence-corrected chi connectivity index (χ4v) is 4.25. The van der Waals surface area contributed by atoms with Crippen molar-refractivity contribution in [3.8, 4) is 22.6 Å². The van der Waals surface area contributed by atoms with Crippen molar-refractivity contribution in [1.82, 2.24) is 0 Å². The molecule has 44 heavy (non-hydrogen) atoms. The number of hydrogen-bond acceptors (Lipinski definition) is 6. The van der Waals surface area contributed by atoms with E-state index in [1.807, 2.05) is 13.8 Å². The van der Waals surface area contributed by atoms with E-state index < -0.39 is 23.8 Å². The number of rotatable bonds is 13. The summed E-state index contributed by atoms with van der Waals surface area (Å²) in [6.45, 7) is 5.07. The van der Waals surface area contributed by atoms with Crippen LogP contribution < -0.4 is 20.1 Å². The van der Waals surface area contributed by atoms with E-state index in [1.165, 1.54) is 24.3 Å². The van der Waals surface area contributed by atoms with Crippen LogP contribution in [0.25, 0.3) is 11.1 Å². The quantitative estimate of drug-likeness (QED) is 0.131. The summed E-state index contributed by atoms with van der Waals surface area (Å²) in [5.74, 6) is -2.32. The number of carbonyl (C=O) groups is 4. The number of nitrogens with one attached hydrogen (secondary N) is 2. The molecular weight excluding hydrogens is 564 g/mol. The molecular formula is C34H32N2O8. The van der Waals surface area contributed by atoms with Crippen LogP contribution >= 0.6 is 0 Å². The molecule has 0 aliphatic rings. The van der Waals surface area contributed by atoms with Gasteiger partial charge in [-0.15, -0.1) is 0 Å². The van der Waals surface area contributed by atoms with E-state index in [0.717, 1.165) is 12.8 Å². The van der Waals surface area contributed by atoms with Gasteiger partial charge in [-0.1, -0.05) is 26.0 Å². The third kappa shape index (κ3) is 7.80.